The zero-order valence-corrected chi connectivity index (χ0v) is 7.88. The summed E-state index contributed by atoms with van der Waals surface area (Å²) in [5, 5.41) is 0.102. The van der Waals surface area contributed by atoms with Crippen molar-refractivity contribution in [2.24, 2.45) is 0 Å². The highest BCUT2D eigenvalue weighted by atomic mass is 35.5. The van der Waals surface area contributed by atoms with E-state index in [-0.39, 0.29) is 17.5 Å². The molecule has 68 valence electrons. The number of hydrogen-bond donors (Lipinski definition) is 0. The van der Waals surface area contributed by atoms with Crippen LogP contribution in [-0.2, 0) is 9.53 Å². The maximum absolute atomic E-state index is 10.6. The Morgan fingerprint density at radius 3 is 2.92 bits per heavy atom. The van der Waals surface area contributed by atoms with Gasteiger partial charge in [0.15, 0.2) is 0 Å². The lowest BCUT2D eigenvalue weighted by Crippen LogP contribution is -2.12. The van der Waals surface area contributed by atoms with E-state index >= 15 is 0 Å². The maximum atomic E-state index is 10.6. The molecule has 1 aliphatic carbocycles. The van der Waals surface area contributed by atoms with Gasteiger partial charge in [-0.2, -0.15) is 0 Å². The fourth-order valence-electron chi connectivity index (χ4n) is 1.26. The molecule has 0 bridgehead atoms. The molecule has 0 aromatic heterocycles. The van der Waals surface area contributed by atoms with Crippen molar-refractivity contribution >= 4 is 17.6 Å². The molecule has 0 N–H and O–H groups in total. The van der Waals surface area contributed by atoms with Crippen molar-refractivity contribution < 1.29 is 9.53 Å². The number of alkyl halides is 1. The molecule has 3 heteroatoms. The van der Waals surface area contributed by atoms with Gasteiger partial charge in [-0.1, -0.05) is 6.08 Å². The summed E-state index contributed by atoms with van der Waals surface area (Å²) in [6.07, 6.45) is 6.59. The van der Waals surface area contributed by atoms with Crippen molar-refractivity contribution in [1.82, 2.24) is 0 Å². The Labute approximate surface area is 77.5 Å². The van der Waals surface area contributed by atoms with Gasteiger partial charge in [0.25, 0.3) is 0 Å². The molecule has 0 radical (unpaired) electrons. The molecular weight excluding hydrogens is 176 g/mol. The van der Waals surface area contributed by atoms with Gasteiger partial charge in [0.05, 0.1) is 5.38 Å². The fraction of sp³-hybridized carbons (Fsp3) is 0.667. The van der Waals surface area contributed by atoms with Gasteiger partial charge in [0.1, 0.15) is 6.10 Å². The highest BCUT2D eigenvalue weighted by Gasteiger charge is 2.13. The van der Waals surface area contributed by atoms with Crippen molar-refractivity contribution in [2.45, 2.75) is 37.7 Å². The topological polar surface area (TPSA) is 26.3 Å². The largest absolute Gasteiger partial charge is 0.458 e. The van der Waals surface area contributed by atoms with Crippen LogP contribution in [-0.4, -0.2) is 17.5 Å². The highest BCUT2D eigenvalue weighted by molar-refractivity contribution is 6.21. The third-order valence-electron chi connectivity index (χ3n) is 1.82. The molecule has 0 saturated heterocycles. The molecule has 0 fully saturated rings. The van der Waals surface area contributed by atoms with Crippen molar-refractivity contribution in [3.8, 4) is 0 Å². The van der Waals surface area contributed by atoms with Gasteiger partial charge in [0, 0.05) is 6.92 Å². The number of halogens is 1. The Morgan fingerprint density at radius 2 is 2.25 bits per heavy atom. The first kappa shape index (κ1) is 9.59. The summed E-state index contributed by atoms with van der Waals surface area (Å²) in [6, 6.07) is 0. The van der Waals surface area contributed by atoms with Crippen LogP contribution in [0.4, 0.5) is 0 Å². The van der Waals surface area contributed by atoms with E-state index in [1.165, 1.54) is 6.92 Å². The van der Waals surface area contributed by atoms with Gasteiger partial charge < -0.3 is 4.74 Å². The molecule has 2 atom stereocenters. The Kier molecular flexibility index (Phi) is 3.60. The van der Waals surface area contributed by atoms with E-state index in [1.807, 2.05) is 12.2 Å². The second-order valence-corrected chi connectivity index (χ2v) is 3.54. The monoisotopic (exact) mass is 188 g/mol. The second kappa shape index (κ2) is 4.51. The van der Waals surface area contributed by atoms with Crippen LogP contribution in [0.2, 0.25) is 0 Å². The van der Waals surface area contributed by atoms with Crippen molar-refractivity contribution in [2.75, 3.05) is 0 Å². The molecule has 0 spiro atoms. The zero-order chi connectivity index (χ0) is 8.97. The van der Waals surface area contributed by atoms with Crippen LogP contribution in [0.5, 0.6) is 0 Å². The number of carbonyl (C=O) groups is 1. The molecule has 12 heavy (non-hydrogen) atoms. The summed E-state index contributed by atoms with van der Waals surface area (Å²) in [7, 11) is 0. The first-order valence-electron chi connectivity index (χ1n) is 4.18. The van der Waals surface area contributed by atoms with Gasteiger partial charge in [0.2, 0.25) is 0 Å². The van der Waals surface area contributed by atoms with Crippen molar-refractivity contribution in [3.63, 3.8) is 0 Å². The number of allylic oxidation sites excluding steroid dienone is 1. The first-order valence-corrected chi connectivity index (χ1v) is 4.62. The number of ether oxygens (including phenoxy) is 1. The summed E-state index contributed by atoms with van der Waals surface area (Å²) >= 11 is 5.90. The Hall–Kier alpha value is -0.500. The number of hydrogen-bond acceptors (Lipinski definition) is 2. The van der Waals surface area contributed by atoms with Crippen LogP contribution in [0, 0.1) is 0 Å². The molecule has 0 heterocycles. The Morgan fingerprint density at radius 1 is 1.50 bits per heavy atom. The maximum Gasteiger partial charge on any atom is 0.303 e. The standard InChI is InChI=1S/C9H13ClO2/c1-7(11)12-9-4-2-3-8(10)5-6-9/h5-6,8-9H,2-4H2,1H3/t8-,9+/m0/s1. The van der Waals surface area contributed by atoms with Crippen molar-refractivity contribution in [1.29, 1.82) is 0 Å². The molecule has 1 rings (SSSR count). The van der Waals surface area contributed by atoms with E-state index in [4.69, 9.17) is 16.3 Å². The molecule has 0 unspecified atom stereocenters. The van der Waals surface area contributed by atoms with E-state index in [9.17, 15) is 4.79 Å². The van der Waals surface area contributed by atoms with Gasteiger partial charge >= 0.3 is 5.97 Å². The number of carbonyl (C=O) groups excluding carboxylic acids is 1. The molecule has 0 aromatic rings. The van der Waals surface area contributed by atoms with E-state index in [2.05, 4.69) is 0 Å². The average Bonchev–Trinajstić information content (AvgIpc) is 2.15. The van der Waals surface area contributed by atoms with Gasteiger partial charge in [-0.3, -0.25) is 4.79 Å². The minimum Gasteiger partial charge on any atom is -0.458 e. The van der Waals surface area contributed by atoms with Crippen LogP contribution in [0.15, 0.2) is 12.2 Å². The minimum absolute atomic E-state index is 0.0637. The van der Waals surface area contributed by atoms with Crippen LogP contribution in [0.25, 0.3) is 0 Å². The third kappa shape index (κ3) is 3.26. The van der Waals surface area contributed by atoms with Gasteiger partial charge in [-0.15, -0.1) is 11.6 Å². The number of esters is 1. The molecule has 0 amide bonds. The van der Waals surface area contributed by atoms with Crippen LogP contribution in [0.1, 0.15) is 26.2 Å². The van der Waals surface area contributed by atoms with Crippen LogP contribution in [0.3, 0.4) is 0 Å². The van der Waals surface area contributed by atoms with Gasteiger partial charge in [-0.05, 0) is 25.3 Å². The third-order valence-corrected chi connectivity index (χ3v) is 2.18. The predicted octanol–water partition coefficient (Wildman–Crippen LogP) is 2.27. The lowest BCUT2D eigenvalue weighted by molar-refractivity contribution is -0.144. The molecule has 0 aromatic carbocycles. The second-order valence-electron chi connectivity index (χ2n) is 2.98. The summed E-state index contributed by atoms with van der Waals surface area (Å²) < 4.78 is 5.04. The first-order chi connectivity index (χ1) is 5.68. The Bertz CT molecular complexity index is 189. The SMILES string of the molecule is CC(=O)O[C@H]1C=C[C@@H](Cl)CCC1. The van der Waals surface area contributed by atoms with Crippen molar-refractivity contribution in [3.05, 3.63) is 12.2 Å². The quantitative estimate of drug-likeness (QED) is 0.359. The van der Waals surface area contributed by atoms with E-state index in [1.54, 1.807) is 0 Å². The smallest absolute Gasteiger partial charge is 0.303 e. The summed E-state index contributed by atoms with van der Waals surface area (Å²) in [6.45, 7) is 1.43. The van der Waals surface area contributed by atoms with Crippen LogP contribution >= 0.6 is 11.6 Å². The normalized spacial score (nSPS) is 29.5. The zero-order valence-electron chi connectivity index (χ0n) is 7.13. The average molecular weight is 189 g/mol. The predicted molar refractivity (Wildman–Crippen MR) is 48.2 cm³/mol. The summed E-state index contributed by atoms with van der Waals surface area (Å²) in [5.74, 6) is -0.224. The molecule has 0 aliphatic heterocycles. The number of rotatable bonds is 1. The molecule has 0 saturated carbocycles. The molecule has 2 nitrogen and oxygen atoms in total. The summed E-state index contributed by atoms with van der Waals surface area (Å²) in [5.41, 5.74) is 0. The van der Waals surface area contributed by atoms with Crippen LogP contribution < -0.4 is 0 Å². The highest BCUT2D eigenvalue weighted by Crippen LogP contribution is 2.17. The fourth-order valence-corrected chi connectivity index (χ4v) is 1.50. The molecule has 1 aliphatic rings. The van der Waals surface area contributed by atoms with Gasteiger partial charge in [-0.25, -0.2) is 0 Å². The van der Waals surface area contributed by atoms with E-state index < -0.39 is 0 Å². The lowest BCUT2D eigenvalue weighted by atomic mass is 10.2. The van der Waals surface area contributed by atoms with E-state index in [0.29, 0.717) is 0 Å². The minimum atomic E-state index is -0.224. The lowest BCUT2D eigenvalue weighted by Gasteiger charge is -2.09. The molecular formula is C9H13ClO2. The summed E-state index contributed by atoms with van der Waals surface area (Å²) in [4.78, 5) is 10.6. The Balaban J connectivity index is 2.43. The van der Waals surface area contributed by atoms with E-state index in [0.717, 1.165) is 19.3 Å².